The molecule has 5 nitrogen and oxygen atoms in total. The molecule has 3 N–H and O–H groups in total. The fourth-order valence-electron chi connectivity index (χ4n) is 1.50. The molecule has 0 spiro atoms. The number of carbonyl (C=O) groups excluding carboxylic acids is 1. The van der Waals surface area contributed by atoms with E-state index in [9.17, 15) is 9.59 Å². The Bertz CT molecular complexity index is 490. The first-order valence-electron chi connectivity index (χ1n) is 6.08. The number of carboxylic acids is 1. The van der Waals surface area contributed by atoms with Crippen LogP contribution in [0, 0.1) is 12.3 Å². The van der Waals surface area contributed by atoms with Crippen LogP contribution in [0.5, 0.6) is 0 Å². The van der Waals surface area contributed by atoms with Crippen LogP contribution in [0.1, 0.15) is 36.7 Å². The van der Waals surface area contributed by atoms with Gasteiger partial charge in [0.15, 0.2) is 0 Å². The van der Waals surface area contributed by atoms with E-state index in [1.165, 1.54) is 6.07 Å². The number of nitrogens with one attached hydrogen (secondary N) is 2. The number of carbonyl (C=O) groups is 2. The molecule has 0 heterocycles. The molecule has 0 aliphatic carbocycles. The maximum Gasteiger partial charge on any atom is 0.335 e. The minimum Gasteiger partial charge on any atom is -0.478 e. The lowest BCUT2D eigenvalue weighted by Gasteiger charge is -2.19. The summed E-state index contributed by atoms with van der Waals surface area (Å²) in [5.74, 6) is -0.971. The van der Waals surface area contributed by atoms with E-state index in [1.54, 1.807) is 19.1 Å². The number of hydrogen-bond acceptors (Lipinski definition) is 2. The van der Waals surface area contributed by atoms with Crippen LogP contribution in [0.4, 0.5) is 10.5 Å². The van der Waals surface area contributed by atoms with Crippen LogP contribution in [0.2, 0.25) is 0 Å². The lowest BCUT2D eigenvalue weighted by molar-refractivity contribution is 0.0696. The number of carboxylic acid groups (broad SMARTS) is 1. The number of hydrogen-bond donors (Lipinski definition) is 3. The van der Waals surface area contributed by atoms with E-state index < -0.39 is 5.97 Å². The van der Waals surface area contributed by atoms with Gasteiger partial charge in [-0.15, -0.1) is 0 Å². The zero-order chi connectivity index (χ0) is 14.6. The summed E-state index contributed by atoms with van der Waals surface area (Å²) in [7, 11) is 0. The fraction of sp³-hybridized carbons (Fsp3) is 0.429. The number of aromatic carboxylic acids is 1. The summed E-state index contributed by atoms with van der Waals surface area (Å²) in [6, 6.07) is 4.40. The second-order valence-electron chi connectivity index (χ2n) is 5.70. The molecule has 5 heteroatoms. The molecular formula is C14H20N2O3. The smallest absolute Gasteiger partial charge is 0.335 e. The molecule has 19 heavy (non-hydrogen) atoms. The summed E-state index contributed by atoms with van der Waals surface area (Å²) < 4.78 is 0. The number of urea groups is 1. The number of anilines is 1. The largest absolute Gasteiger partial charge is 0.478 e. The summed E-state index contributed by atoms with van der Waals surface area (Å²) in [5.41, 5.74) is 1.44. The van der Waals surface area contributed by atoms with E-state index in [1.807, 2.05) is 20.8 Å². The summed E-state index contributed by atoms with van der Waals surface area (Å²) in [4.78, 5) is 22.5. The summed E-state index contributed by atoms with van der Waals surface area (Å²) in [5, 5.41) is 14.4. The first kappa shape index (κ1) is 15.0. The summed E-state index contributed by atoms with van der Waals surface area (Å²) in [6.07, 6.45) is 0. The maximum absolute atomic E-state index is 11.7. The van der Waals surface area contributed by atoms with Crippen LogP contribution in [-0.2, 0) is 0 Å². The molecule has 0 aliphatic heterocycles. The van der Waals surface area contributed by atoms with Gasteiger partial charge in [-0.05, 0) is 36.1 Å². The molecule has 1 aromatic carbocycles. The number of benzene rings is 1. The molecule has 1 aromatic rings. The van der Waals surface area contributed by atoms with Crippen molar-refractivity contribution >= 4 is 17.7 Å². The molecule has 0 radical (unpaired) electrons. The van der Waals surface area contributed by atoms with Crippen LogP contribution in [0.15, 0.2) is 18.2 Å². The second-order valence-corrected chi connectivity index (χ2v) is 5.70. The topological polar surface area (TPSA) is 78.4 Å². The van der Waals surface area contributed by atoms with Crippen molar-refractivity contribution in [2.75, 3.05) is 11.9 Å². The zero-order valence-corrected chi connectivity index (χ0v) is 11.7. The van der Waals surface area contributed by atoms with Gasteiger partial charge in [0.25, 0.3) is 0 Å². The Kier molecular flexibility index (Phi) is 4.53. The molecule has 104 valence electrons. The van der Waals surface area contributed by atoms with Gasteiger partial charge < -0.3 is 15.7 Å². The van der Waals surface area contributed by atoms with E-state index in [-0.39, 0.29) is 17.0 Å². The van der Waals surface area contributed by atoms with Gasteiger partial charge in [-0.1, -0.05) is 20.8 Å². The molecule has 1 rings (SSSR count). The monoisotopic (exact) mass is 264 g/mol. The second kappa shape index (κ2) is 5.73. The van der Waals surface area contributed by atoms with Gasteiger partial charge >= 0.3 is 12.0 Å². The van der Waals surface area contributed by atoms with Crippen molar-refractivity contribution in [3.8, 4) is 0 Å². The van der Waals surface area contributed by atoms with Crippen molar-refractivity contribution in [2.24, 2.45) is 5.41 Å². The number of amides is 2. The van der Waals surface area contributed by atoms with Crippen LogP contribution in [0.3, 0.4) is 0 Å². The van der Waals surface area contributed by atoms with Gasteiger partial charge in [-0.2, -0.15) is 0 Å². The minimum absolute atomic E-state index is 0.0143. The molecule has 0 fully saturated rings. The Morgan fingerprint density at radius 1 is 1.26 bits per heavy atom. The van der Waals surface area contributed by atoms with Crippen molar-refractivity contribution < 1.29 is 14.7 Å². The predicted molar refractivity (Wildman–Crippen MR) is 74.6 cm³/mol. The van der Waals surface area contributed by atoms with Gasteiger partial charge in [0, 0.05) is 12.2 Å². The molecular weight excluding hydrogens is 244 g/mol. The Hall–Kier alpha value is -2.04. The number of rotatable bonds is 3. The molecule has 0 atom stereocenters. The van der Waals surface area contributed by atoms with Gasteiger partial charge in [0.2, 0.25) is 0 Å². The maximum atomic E-state index is 11.7. The average molecular weight is 264 g/mol. The average Bonchev–Trinajstić information content (AvgIpc) is 2.25. The molecule has 0 saturated heterocycles. The Morgan fingerprint density at radius 2 is 1.89 bits per heavy atom. The predicted octanol–water partition coefficient (Wildman–Crippen LogP) is 2.86. The van der Waals surface area contributed by atoms with E-state index in [0.717, 1.165) is 0 Å². The van der Waals surface area contributed by atoms with Gasteiger partial charge in [0.05, 0.1) is 5.56 Å². The first-order chi connectivity index (χ1) is 8.69. The quantitative estimate of drug-likeness (QED) is 0.785. The van der Waals surface area contributed by atoms with E-state index in [4.69, 9.17) is 5.11 Å². The van der Waals surface area contributed by atoms with E-state index in [0.29, 0.717) is 17.8 Å². The van der Waals surface area contributed by atoms with Crippen LogP contribution in [0.25, 0.3) is 0 Å². The standard InChI is InChI=1S/C14H20N2O3/c1-9-7-10(5-6-11(9)12(17)18)16-13(19)15-8-14(2,3)4/h5-7H,8H2,1-4H3,(H,17,18)(H2,15,16,19). The van der Waals surface area contributed by atoms with Gasteiger partial charge in [-0.3, -0.25) is 0 Å². The SMILES string of the molecule is Cc1cc(NC(=O)NCC(C)(C)C)ccc1C(=O)O. The highest BCUT2D eigenvalue weighted by Gasteiger charge is 2.12. The molecule has 0 aromatic heterocycles. The molecule has 2 amide bonds. The van der Waals surface area contributed by atoms with E-state index in [2.05, 4.69) is 10.6 Å². The van der Waals surface area contributed by atoms with E-state index >= 15 is 0 Å². The Morgan fingerprint density at radius 3 is 2.37 bits per heavy atom. The summed E-state index contributed by atoms with van der Waals surface area (Å²) >= 11 is 0. The highest BCUT2D eigenvalue weighted by molar-refractivity contribution is 5.92. The third-order valence-corrected chi connectivity index (χ3v) is 2.49. The fourth-order valence-corrected chi connectivity index (χ4v) is 1.50. The number of aryl methyl sites for hydroxylation is 1. The van der Waals surface area contributed by atoms with Crippen molar-refractivity contribution in [1.29, 1.82) is 0 Å². The lowest BCUT2D eigenvalue weighted by Crippen LogP contribution is -2.35. The van der Waals surface area contributed by atoms with Crippen molar-refractivity contribution in [3.05, 3.63) is 29.3 Å². The normalized spacial score (nSPS) is 10.9. The Labute approximate surface area is 113 Å². The third kappa shape index (κ3) is 4.99. The zero-order valence-electron chi connectivity index (χ0n) is 11.7. The Balaban J connectivity index is 2.65. The highest BCUT2D eigenvalue weighted by atomic mass is 16.4. The lowest BCUT2D eigenvalue weighted by atomic mass is 9.97. The molecule has 0 bridgehead atoms. The molecule has 0 saturated carbocycles. The summed E-state index contributed by atoms with van der Waals surface area (Å²) in [6.45, 7) is 8.34. The van der Waals surface area contributed by atoms with Crippen molar-refractivity contribution in [2.45, 2.75) is 27.7 Å². The van der Waals surface area contributed by atoms with Gasteiger partial charge in [-0.25, -0.2) is 9.59 Å². The molecule has 0 aliphatic rings. The van der Waals surface area contributed by atoms with Crippen molar-refractivity contribution in [1.82, 2.24) is 5.32 Å². The first-order valence-corrected chi connectivity index (χ1v) is 6.08. The van der Waals surface area contributed by atoms with Crippen LogP contribution >= 0.6 is 0 Å². The van der Waals surface area contributed by atoms with Crippen molar-refractivity contribution in [3.63, 3.8) is 0 Å². The van der Waals surface area contributed by atoms with Crippen LogP contribution in [-0.4, -0.2) is 23.7 Å². The van der Waals surface area contributed by atoms with Crippen LogP contribution < -0.4 is 10.6 Å². The minimum atomic E-state index is -0.971. The van der Waals surface area contributed by atoms with Gasteiger partial charge in [0.1, 0.15) is 0 Å². The highest BCUT2D eigenvalue weighted by Crippen LogP contribution is 2.15. The molecule has 0 unspecified atom stereocenters. The third-order valence-electron chi connectivity index (χ3n) is 2.49.